The highest BCUT2D eigenvalue weighted by Crippen LogP contribution is 2.21. The Labute approximate surface area is 135 Å². The molecule has 0 spiro atoms. The molecule has 0 bridgehead atoms. The molecule has 1 aliphatic heterocycles. The molecule has 0 N–H and O–H groups in total. The van der Waals surface area contributed by atoms with E-state index in [0.717, 1.165) is 36.4 Å². The molecule has 122 valence electrons. The van der Waals surface area contributed by atoms with E-state index in [1.165, 1.54) is 0 Å². The van der Waals surface area contributed by atoms with Crippen molar-refractivity contribution in [2.75, 3.05) is 18.1 Å². The largest absolute Gasteiger partial charge is 0.376 e. The molecule has 1 aliphatic rings. The predicted molar refractivity (Wildman–Crippen MR) is 85.2 cm³/mol. The summed E-state index contributed by atoms with van der Waals surface area (Å²) in [7, 11) is 0. The number of amides is 1. The van der Waals surface area contributed by atoms with E-state index < -0.39 is 0 Å². The molecule has 6 nitrogen and oxygen atoms in total. The van der Waals surface area contributed by atoms with E-state index in [-0.39, 0.29) is 18.4 Å². The Bertz CT molecular complexity index is 643. The van der Waals surface area contributed by atoms with Gasteiger partial charge < -0.3 is 14.2 Å². The van der Waals surface area contributed by atoms with Gasteiger partial charge in [-0.2, -0.15) is 0 Å². The maximum Gasteiger partial charge on any atom is 0.231 e. The van der Waals surface area contributed by atoms with Gasteiger partial charge in [0.25, 0.3) is 0 Å². The van der Waals surface area contributed by atoms with E-state index in [1.807, 2.05) is 26.0 Å². The highest BCUT2D eigenvalue weighted by atomic mass is 16.5. The standard InChI is InChI=1S/C17H21N3O3/c1-12-16(13(2)23-19-12)10-17(21)20(11-15-4-3-9-22-15)14-5-7-18-8-6-14/h5-8,15H,3-4,9-11H2,1-2H3/t15-/m0/s1. The molecule has 0 radical (unpaired) electrons. The fourth-order valence-electron chi connectivity index (χ4n) is 2.87. The fraction of sp³-hybridized carbons (Fsp3) is 0.471. The Morgan fingerprint density at radius 2 is 2.13 bits per heavy atom. The van der Waals surface area contributed by atoms with Gasteiger partial charge in [0.15, 0.2) is 0 Å². The maximum atomic E-state index is 12.9. The van der Waals surface area contributed by atoms with Crippen LogP contribution in [0.2, 0.25) is 0 Å². The number of hydrogen-bond acceptors (Lipinski definition) is 5. The summed E-state index contributed by atoms with van der Waals surface area (Å²) >= 11 is 0. The van der Waals surface area contributed by atoms with Crippen LogP contribution in [0.5, 0.6) is 0 Å². The van der Waals surface area contributed by atoms with Crippen molar-refractivity contribution in [1.29, 1.82) is 0 Å². The van der Waals surface area contributed by atoms with E-state index >= 15 is 0 Å². The van der Waals surface area contributed by atoms with Crippen LogP contribution < -0.4 is 4.90 Å². The zero-order valence-corrected chi connectivity index (χ0v) is 13.5. The number of carbonyl (C=O) groups is 1. The first kappa shape index (κ1) is 15.7. The van der Waals surface area contributed by atoms with E-state index in [0.29, 0.717) is 12.3 Å². The Hall–Kier alpha value is -2.21. The first-order valence-corrected chi connectivity index (χ1v) is 7.89. The lowest BCUT2D eigenvalue weighted by molar-refractivity contribution is -0.118. The van der Waals surface area contributed by atoms with Crippen molar-refractivity contribution in [2.45, 2.75) is 39.2 Å². The summed E-state index contributed by atoms with van der Waals surface area (Å²) in [5.41, 5.74) is 2.47. The van der Waals surface area contributed by atoms with Crippen LogP contribution >= 0.6 is 0 Å². The predicted octanol–water partition coefficient (Wildman–Crippen LogP) is 2.44. The van der Waals surface area contributed by atoms with Crippen molar-refractivity contribution in [2.24, 2.45) is 0 Å². The highest BCUT2D eigenvalue weighted by Gasteiger charge is 2.25. The number of nitrogens with zero attached hydrogens (tertiary/aromatic N) is 3. The molecule has 1 fully saturated rings. The minimum atomic E-state index is 0.0149. The molecule has 0 aliphatic carbocycles. The third-order valence-corrected chi connectivity index (χ3v) is 4.19. The number of pyridine rings is 1. The zero-order valence-electron chi connectivity index (χ0n) is 13.5. The molecule has 3 heterocycles. The third-order valence-electron chi connectivity index (χ3n) is 4.19. The molecule has 23 heavy (non-hydrogen) atoms. The second kappa shape index (κ2) is 6.91. The first-order chi connectivity index (χ1) is 11.1. The van der Waals surface area contributed by atoms with Gasteiger partial charge in [0, 0.05) is 30.3 Å². The summed E-state index contributed by atoms with van der Waals surface area (Å²) in [5, 5.41) is 3.92. The minimum absolute atomic E-state index is 0.0149. The van der Waals surface area contributed by atoms with Crippen molar-refractivity contribution in [3.63, 3.8) is 0 Å². The van der Waals surface area contributed by atoms with E-state index in [1.54, 1.807) is 17.3 Å². The lowest BCUT2D eigenvalue weighted by Crippen LogP contribution is -2.38. The summed E-state index contributed by atoms with van der Waals surface area (Å²) in [5.74, 6) is 0.712. The van der Waals surface area contributed by atoms with Crippen molar-refractivity contribution >= 4 is 11.6 Å². The van der Waals surface area contributed by atoms with Crippen molar-refractivity contribution < 1.29 is 14.1 Å². The van der Waals surface area contributed by atoms with E-state index in [4.69, 9.17) is 9.26 Å². The Morgan fingerprint density at radius 3 is 2.74 bits per heavy atom. The van der Waals surface area contributed by atoms with Gasteiger partial charge in [-0.3, -0.25) is 9.78 Å². The summed E-state index contributed by atoms with van der Waals surface area (Å²) in [6.45, 7) is 5.02. The van der Waals surface area contributed by atoms with Crippen LogP contribution in [0.1, 0.15) is 29.9 Å². The lowest BCUT2D eigenvalue weighted by Gasteiger charge is -2.25. The fourth-order valence-corrected chi connectivity index (χ4v) is 2.87. The molecule has 0 unspecified atom stereocenters. The van der Waals surface area contributed by atoms with Crippen LogP contribution in [0.3, 0.4) is 0 Å². The van der Waals surface area contributed by atoms with Crippen LogP contribution in [-0.2, 0) is 16.0 Å². The topological polar surface area (TPSA) is 68.5 Å². The van der Waals surface area contributed by atoms with Gasteiger partial charge in [-0.25, -0.2) is 0 Å². The van der Waals surface area contributed by atoms with Gasteiger partial charge in [-0.15, -0.1) is 0 Å². The van der Waals surface area contributed by atoms with Crippen LogP contribution in [0.25, 0.3) is 0 Å². The molecule has 1 amide bonds. The maximum absolute atomic E-state index is 12.9. The monoisotopic (exact) mass is 315 g/mol. The molecule has 1 saturated heterocycles. The van der Waals surface area contributed by atoms with Gasteiger partial charge in [0.05, 0.1) is 24.8 Å². The van der Waals surface area contributed by atoms with Crippen molar-refractivity contribution in [1.82, 2.24) is 10.1 Å². The Balaban J connectivity index is 1.80. The molecule has 2 aromatic heterocycles. The third kappa shape index (κ3) is 3.59. The van der Waals surface area contributed by atoms with Crippen LogP contribution in [-0.4, -0.2) is 35.3 Å². The summed E-state index contributed by atoms with van der Waals surface area (Å²) in [6, 6.07) is 3.69. The normalized spacial score (nSPS) is 17.4. The van der Waals surface area contributed by atoms with Gasteiger partial charge in [-0.1, -0.05) is 5.16 Å². The van der Waals surface area contributed by atoms with Crippen LogP contribution in [0.4, 0.5) is 5.69 Å². The van der Waals surface area contributed by atoms with Gasteiger partial charge >= 0.3 is 0 Å². The molecule has 0 aromatic carbocycles. The average molecular weight is 315 g/mol. The average Bonchev–Trinajstić information content (AvgIpc) is 3.18. The highest BCUT2D eigenvalue weighted by molar-refractivity contribution is 5.95. The van der Waals surface area contributed by atoms with Crippen LogP contribution in [0.15, 0.2) is 29.0 Å². The van der Waals surface area contributed by atoms with E-state index in [2.05, 4.69) is 10.1 Å². The minimum Gasteiger partial charge on any atom is -0.376 e. The molecular formula is C17H21N3O3. The quantitative estimate of drug-likeness (QED) is 0.847. The smallest absolute Gasteiger partial charge is 0.231 e. The Morgan fingerprint density at radius 1 is 1.35 bits per heavy atom. The van der Waals surface area contributed by atoms with Gasteiger partial charge in [0.2, 0.25) is 5.91 Å². The molecule has 1 atom stereocenters. The van der Waals surface area contributed by atoms with Crippen molar-refractivity contribution in [3.8, 4) is 0 Å². The Kier molecular flexibility index (Phi) is 4.71. The SMILES string of the molecule is Cc1noc(C)c1CC(=O)N(C[C@@H]1CCCO1)c1ccncc1. The summed E-state index contributed by atoms with van der Waals surface area (Å²) in [6.07, 6.45) is 5.79. The number of aryl methyl sites for hydroxylation is 2. The molecular weight excluding hydrogens is 294 g/mol. The second-order valence-corrected chi connectivity index (χ2v) is 5.82. The first-order valence-electron chi connectivity index (χ1n) is 7.89. The van der Waals surface area contributed by atoms with Crippen molar-refractivity contribution in [3.05, 3.63) is 41.5 Å². The number of aromatic nitrogens is 2. The number of hydrogen-bond donors (Lipinski definition) is 0. The summed E-state index contributed by atoms with van der Waals surface area (Å²) in [4.78, 5) is 18.7. The van der Waals surface area contributed by atoms with Gasteiger partial charge in [0.1, 0.15) is 5.76 Å². The molecule has 2 aromatic rings. The second-order valence-electron chi connectivity index (χ2n) is 5.82. The molecule has 3 rings (SSSR count). The number of ether oxygens (including phenoxy) is 1. The number of anilines is 1. The zero-order chi connectivity index (χ0) is 16.2. The van der Waals surface area contributed by atoms with Crippen LogP contribution in [0, 0.1) is 13.8 Å². The number of rotatable bonds is 5. The van der Waals surface area contributed by atoms with E-state index in [9.17, 15) is 4.79 Å². The molecule has 0 saturated carbocycles. The molecule has 6 heteroatoms. The number of carbonyl (C=O) groups excluding carboxylic acids is 1. The summed E-state index contributed by atoms with van der Waals surface area (Å²) < 4.78 is 10.9. The lowest BCUT2D eigenvalue weighted by atomic mass is 10.1. The van der Waals surface area contributed by atoms with Gasteiger partial charge in [-0.05, 0) is 38.8 Å².